The standard InChI is InChI=1S/C8H8ClNO3/c1-13-6-2-5(3-8(11)12)10-7(9)4-6/h2,4H,3H2,1H3,(H,11,12). The van der Waals surface area contributed by atoms with Crippen molar-refractivity contribution in [2.24, 2.45) is 0 Å². The van der Waals surface area contributed by atoms with E-state index in [1.165, 1.54) is 13.2 Å². The molecule has 4 nitrogen and oxygen atoms in total. The lowest BCUT2D eigenvalue weighted by molar-refractivity contribution is -0.136. The molecule has 0 aromatic carbocycles. The van der Waals surface area contributed by atoms with Crippen LogP contribution in [0.3, 0.4) is 0 Å². The lowest BCUT2D eigenvalue weighted by atomic mass is 10.2. The number of carbonyl (C=O) groups is 1. The fourth-order valence-corrected chi connectivity index (χ4v) is 1.10. The van der Waals surface area contributed by atoms with Gasteiger partial charge in [0.1, 0.15) is 10.9 Å². The first-order chi connectivity index (χ1) is 6.11. The predicted molar refractivity (Wildman–Crippen MR) is 47.1 cm³/mol. The second-order valence-corrected chi connectivity index (χ2v) is 2.78. The average Bonchev–Trinajstić information content (AvgIpc) is 2.01. The Morgan fingerprint density at radius 1 is 1.69 bits per heavy atom. The Morgan fingerprint density at radius 2 is 2.38 bits per heavy atom. The number of aliphatic carboxylic acids is 1. The van der Waals surface area contributed by atoms with Crippen LogP contribution in [0.25, 0.3) is 0 Å². The van der Waals surface area contributed by atoms with E-state index in [0.717, 1.165) is 0 Å². The molecule has 1 N–H and O–H groups in total. The highest BCUT2D eigenvalue weighted by atomic mass is 35.5. The number of hydrogen-bond acceptors (Lipinski definition) is 3. The van der Waals surface area contributed by atoms with E-state index in [2.05, 4.69) is 4.98 Å². The molecule has 0 aliphatic rings. The van der Waals surface area contributed by atoms with Gasteiger partial charge in [0.05, 0.1) is 19.2 Å². The van der Waals surface area contributed by atoms with Gasteiger partial charge in [-0.1, -0.05) is 11.6 Å². The molecule has 1 aromatic heterocycles. The van der Waals surface area contributed by atoms with Crippen molar-refractivity contribution in [2.75, 3.05) is 7.11 Å². The fraction of sp³-hybridized carbons (Fsp3) is 0.250. The van der Waals surface area contributed by atoms with Gasteiger partial charge in [0.15, 0.2) is 0 Å². The second-order valence-electron chi connectivity index (χ2n) is 2.39. The van der Waals surface area contributed by atoms with Crippen LogP contribution in [-0.2, 0) is 11.2 Å². The molecule has 0 aliphatic heterocycles. The van der Waals surface area contributed by atoms with E-state index in [-0.39, 0.29) is 11.6 Å². The van der Waals surface area contributed by atoms with Gasteiger partial charge in [-0.2, -0.15) is 0 Å². The van der Waals surface area contributed by atoms with Gasteiger partial charge >= 0.3 is 5.97 Å². The summed E-state index contributed by atoms with van der Waals surface area (Å²) in [5.41, 5.74) is 0.386. The van der Waals surface area contributed by atoms with Crippen LogP contribution in [0.2, 0.25) is 5.15 Å². The van der Waals surface area contributed by atoms with Crippen molar-refractivity contribution in [1.82, 2.24) is 4.98 Å². The number of pyridine rings is 1. The van der Waals surface area contributed by atoms with Gasteiger partial charge in [-0.25, -0.2) is 4.98 Å². The third-order valence-corrected chi connectivity index (χ3v) is 1.58. The zero-order valence-electron chi connectivity index (χ0n) is 6.95. The van der Waals surface area contributed by atoms with Gasteiger partial charge in [0.2, 0.25) is 0 Å². The molecule has 0 fully saturated rings. The first-order valence-corrected chi connectivity index (χ1v) is 3.92. The van der Waals surface area contributed by atoms with Crippen LogP contribution in [-0.4, -0.2) is 23.2 Å². The fourth-order valence-electron chi connectivity index (χ4n) is 0.888. The SMILES string of the molecule is COc1cc(Cl)nc(CC(=O)O)c1. The Balaban J connectivity index is 2.94. The van der Waals surface area contributed by atoms with Crippen LogP contribution in [0.5, 0.6) is 5.75 Å². The number of nitrogens with zero attached hydrogens (tertiary/aromatic N) is 1. The second kappa shape index (κ2) is 4.09. The summed E-state index contributed by atoms with van der Waals surface area (Å²) in [6, 6.07) is 3.06. The number of methoxy groups -OCH3 is 1. The Labute approximate surface area is 80.1 Å². The van der Waals surface area contributed by atoms with Crippen LogP contribution in [0, 0.1) is 0 Å². The van der Waals surface area contributed by atoms with Crippen molar-refractivity contribution in [1.29, 1.82) is 0 Å². The highest BCUT2D eigenvalue weighted by Crippen LogP contribution is 2.17. The topological polar surface area (TPSA) is 59.4 Å². The highest BCUT2D eigenvalue weighted by Gasteiger charge is 2.05. The minimum Gasteiger partial charge on any atom is -0.497 e. The summed E-state index contributed by atoms with van der Waals surface area (Å²) in [6.07, 6.45) is -0.156. The Hall–Kier alpha value is -1.29. The van der Waals surface area contributed by atoms with E-state index in [4.69, 9.17) is 21.4 Å². The van der Waals surface area contributed by atoms with Gasteiger partial charge in [-0.15, -0.1) is 0 Å². The lowest BCUT2D eigenvalue weighted by Crippen LogP contribution is -2.02. The smallest absolute Gasteiger partial charge is 0.309 e. The number of halogens is 1. The minimum absolute atomic E-state index is 0.156. The van der Waals surface area contributed by atoms with Crippen molar-refractivity contribution in [3.63, 3.8) is 0 Å². The molecule has 5 heteroatoms. The van der Waals surface area contributed by atoms with E-state index in [0.29, 0.717) is 11.4 Å². The maximum absolute atomic E-state index is 10.4. The van der Waals surface area contributed by atoms with Crippen LogP contribution in [0.15, 0.2) is 12.1 Å². The van der Waals surface area contributed by atoms with Crippen LogP contribution in [0.1, 0.15) is 5.69 Å². The largest absolute Gasteiger partial charge is 0.497 e. The molecule has 0 spiro atoms. The summed E-state index contributed by atoms with van der Waals surface area (Å²) in [7, 11) is 1.48. The average molecular weight is 202 g/mol. The van der Waals surface area contributed by atoms with E-state index < -0.39 is 5.97 Å². The van der Waals surface area contributed by atoms with E-state index >= 15 is 0 Å². The summed E-state index contributed by atoms with van der Waals surface area (Å²) >= 11 is 5.63. The number of carboxylic acids is 1. The molecule has 0 aliphatic carbocycles. The molecule has 70 valence electrons. The molecule has 0 atom stereocenters. The predicted octanol–water partition coefficient (Wildman–Crippen LogP) is 1.37. The molecule has 13 heavy (non-hydrogen) atoms. The number of ether oxygens (including phenoxy) is 1. The molecular weight excluding hydrogens is 194 g/mol. The normalized spacial score (nSPS) is 9.69. The summed E-state index contributed by atoms with van der Waals surface area (Å²) in [5, 5.41) is 8.73. The van der Waals surface area contributed by atoms with Crippen molar-refractivity contribution in [3.8, 4) is 5.75 Å². The van der Waals surface area contributed by atoms with Crippen molar-refractivity contribution in [3.05, 3.63) is 23.0 Å². The van der Waals surface area contributed by atoms with E-state index in [1.54, 1.807) is 6.07 Å². The zero-order chi connectivity index (χ0) is 9.84. The Kier molecular flexibility index (Phi) is 3.08. The van der Waals surface area contributed by atoms with Crippen LogP contribution in [0.4, 0.5) is 0 Å². The van der Waals surface area contributed by atoms with E-state index in [1.807, 2.05) is 0 Å². The first-order valence-electron chi connectivity index (χ1n) is 3.54. The molecule has 0 radical (unpaired) electrons. The number of aromatic nitrogens is 1. The molecule has 0 amide bonds. The summed E-state index contributed by atoms with van der Waals surface area (Å²) < 4.78 is 4.90. The molecule has 0 saturated heterocycles. The third kappa shape index (κ3) is 2.91. The maximum atomic E-state index is 10.4. The summed E-state index contributed by atoms with van der Waals surface area (Å²) in [4.78, 5) is 14.2. The summed E-state index contributed by atoms with van der Waals surface area (Å²) in [6.45, 7) is 0. The van der Waals surface area contributed by atoms with Gasteiger partial charge in [0, 0.05) is 12.1 Å². The quantitative estimate of drug-likeness (QED) is 0.751. The lowest BCUT2D eigenvalue weighted by Gasteiger charge is -2.02. The molecular formula is C8H8ClNO3. The Bertz CT molecular complexity index is 327. The first kappa shape index (κ1) is 9.80. The molecule has 1 aromatic rings. The van der Waals surface area contributed by atoms with E-state index in [9.17, 15) is 4.79 Å². The molecule has 1 heterocycles. The van der Waals surface area contributed by atoms with Gasteiger partial charge in [-0.05, 0) is 0 Å². The van der Waals surface area contributed by atoms with Crippen molar-refractivity contribution in [2.45, 2.75) is 6.42 Å². The Morgan fingerprint density at radius 3 is 2.92 bits per heavy atom. The summed E-state index contributed by atoms with van der Waals surface area (Å²) in [5.74, 6) is -0.437. The highest BCUT2D eigenvalue weighted by molar-refractivity contribution is 6.29. The molecule has 0 unspecified atom stereocenters. The number of carboxylic acid groups (broad SMARTS) is 1. The number of rotatable bonds is 3. The molecule has 0 saturated carbocycles. The monoisotopic (exact) mass is 201 g/mol. The zero-order valence-corrected chi connectivity index (χ0v) is 7.71. The minimum atomic E-state index is -0.947. The van der Waals surface area contributed by atoms with Gasteiger partial charge in [0.25, 0.3) is 0 Å². The van der Waals surface area contributed by atoms with Crippen molar-refractivity contribution >= 4 is 17.6 Å². The maximum Gasteiger partial charge on any atom is 0.309 e. The van der Waals surface area contributed by atoms with Crippen molar-refractivity contribution < 1.29 is 14.6 Å². The van der Waals surface area contributed by atoms with Gasteiger partial charge < -0.3 is 9.84 Å². The number of hydrogen-bond donors (Lipinski definition) is 1. The molecule has 1 rings (SSSR count). The van der Waals surface area contributed by atoms with Crippen LogP contribution >= 0.6 is 11.6 Å². The molecule has 0 bridgehead atoms. The third-order valence-electron chi connectivity index (χ3n) is 1.39. The van der Waals surface area contributed by atoms with Gasteiger partial charge in [-0.3, -0.25) is 4.79 Å². The van der Waals surface area contributed by atoms with Crippen LogP contribution < -0.4 is 4.74 Å².